The van der Waals surface area contributed by atoms with Crippen LogP contribution in [-0.2, 0) is 10.0 Å². The Hall–Kier alpha value is -4.44. The van der Waals surface area contributed by atoms with Gasteiger partial charge >= 0.3 is 0 Å². The largest absolute Gasteiger partial charge is 0.497 e. The Morgan fingerprint density at radius 2 is 1.59 bits per heavy atom. The van der Waals surface area contributed by atoms with Crippen LogP contribution in [0.5, 0.6) is 23.1 Å². The van der Waals surface area contributed by atoms with Gasteiger partial charge in [-0.1, -0.05) is 23.8 Å². The fourth-order valence-corrected chi connectivity index (χ4v) is 5.15. The summed E-state index contributed by atoms with van der Waals surface area (Å²) in [7, 11) is -1.17. The Labute approximate surface area is 230 Å². The van der Waals surface area contributed by atoms with Crippen molar-refractivity contribution in [3.63, 3.8) is 0 Å². The van der Waals surface area contributed by atoms with Crippen LogP contribution in [0.2, 0.25) is 0 Å². The van der Waals surface area contributed by atoms with Crippen molar-refractivity contribution < 1.29 is 30.3 Å². The molecule has 206 valence electrons. The number of rotatable bonds is 8. The minimum absolute atomic E-state index is 0. The fourth-order valence-electron chi connectivity index (χ4n) is 4.17. The third-order valence-electron chi connectivity index (χ3n) is 5.96. The average molecular weight is 552 g/mol. The lowest BCUT2D eigenvalue weighted by Crippen LogP contribution is -2.31. The molecule has 0 saturated heterocycles. The van der Waals surface area contributed by atoms with Gasteiger partial charge < -0.3 is 14.2 Å². The first kappa shape index (κ1) is 27.6. The molecule has 39 heavy (non-hydrogen) atoms. The predicted molar refractivity (Wildman–Crippen MR) is 151 cm³/mol. The number of sulfonamides is 1. The summed E-state index contributed by atoms with van der Waals surface area (Å²) in [5, 5.41) is -0.268. The first-order valence-electron chi connectivity index (χ1n) is 12.0. The van der Waals surface area contributed by atoms with E-state index in [1.54, 1.807) is 50.4 Å². The Morgan fingerprint density at radius 1 is 0.872 bits per heavy atom. The maximum Gasteiger partial charge on any atom is 0.281 e. The minimum atomic E-state index is -4.25. The molecule has 0 aliphatic rings. The number of amides is 1. The van der Waals surface area contributed by atoms with Crippen molar-refractivity contribution >= 4 is 15.9 Å². The van der Waals surface area contributed by atoms with Crippen LogP contribution in [0.4, 0.5) is 0 Å². The zero-order chi connectivity index (χ0) is 28.3. The highest BCUT2D eigenvalue weighted by Crippen LogP contribution is 2.36. The van der Waals surface area contributed by atoms with Crippen LogP contribution in [0.25, 0.3) is 11.3 Å². The molecule has 1 amide bonds. The standard InChI is InChI=1S/C29H29N3O6S.2H2/c1-17-14-18(2)27(19(3)15-17)38-29-23(28(33)32-39(34,35)26-9-7-8-20(4)30-26)12-13-24(31-29)22-11-10-21(36-5)16-25(22)37-6;;/h7-16H,1-6H3,(H,32,33);2*1H. The van der Waals surface area contributed by atoms with Gasteiger partial charge in [0.05, 0.1) is 19.9 Å². The number of hydrogen-bond donors (Lipinski definition) is 1. The molecule has 1 N–H and O–H groups in total. The number of hydrogen-bond acceptors (Lipinski definition) is 8. The third-order valence-corrected chi connectivity index (χ3v) is 7.19. The molecule has 0 atom stereocenters. The van der Waals surface area contributed by atoms with Crippen LogP contribution >= 0.6 is 0 Å². The molecule has 0 unspecified atom stereocenters. The van der Waals surface area contributed by atoms with Gasteiger partial charge in [-0.25, -0.2) is 14.7 Å². The predicted octanol–water partition coefficient (Wildman–Crippen LogP) is 5.80. The maximum atomic E-state index is 13.3. The van der Waals surface area contributed by atoms with Crippen LogP contribution in [-0.4, -0.2) is 38.5 Å². The quantitative estimate of drug-likeness (QED) is 0.292. The molecule has 0 aliphatic carbocycles. The molecule has 4 rings (SSSR count). The number of methoxy groups -OCH3 is 2. The van der Waals surface area contributed by atoms with Crippen LogP contribution in [0.1, 0.15) is 35.6 Å². The van der Waals surface area contributed by atoms with Gasteiger partial charge in [-0.15, -0.1) is 0 Å². The van der Waals surface area contributed by atoms with E-state index in [0.29, 0.717) is 34.2 Å². The lowest BCUT2D eigenvalue weighted by molar-refractivity contribution is 0.0978. The molecule has 0 saturated carbocycles. The van der Waals surface area contributed by atoms with Gasteiger partial charge in [-0.05, 0) is 75.2 Å². The van der Waals surface area contributed by atoms with Gasteiger partial charge in [0.2, 0.25) is 5.88 Å². The van der Waals surface area contributed by atoms with E-state index in [0.717, 1.165) is 16.7 Å². The molecule has 0 fully saturated rings. The second-order valence-corrected chi connectivity index (χ2v) is 10.6. The van der Waals surface area contributed by atoms with Crippen molar-refractivity contribution in [1.82, 2.24) is 14.7 Å². The summed E-state index contributed by atoms with van der Waals surface area (Å²) in [6.07, 6.45) is 0. The summed E-state index contributed by atoms with van der Waals surface area (Å²) in [4.78, 5) is 22.0. The second kappa shape index (κ2) is 11.1. The van der Waals surface area contributed by atoms with Gasteiger partial charge in [0, 0.05) is 20.2 Å². The molecule has 0 aliphatic heterocycles. The minimum Gasteiger partial charge on any atom is -0.497 e. The van der Waals surface area contributed by atoms with Crippen molar-refractivity contribution in [3.8, 4) is 34.4 Å². The van der Waals surface area contributed by atoms with Gasteiger partial charge in [-0.2, -0.15) is 8.42 Å². The molecule has 9 nitrogen and oxygen atoms in total. The maximum absolute atomic E-state index is 13.3. The summed E-state index contributed by atoms with van der Waals surface area (Å²) in [5.41, 5.74) is 4.24. The Bertz CT molecular complexity index is 1660. The number of benzene rings is 2. The van der Waals surface area contributed by atoms with E-state index in [1.165, 1.54) is 19.2 Å². The normalized spacial score (nSPS) is 11.1. The van der Waals surface area contributed by atoms with Gasteiger partial charge in [-0.3, -0.25) is 4.79 Å². The first-order valence-corrected chi connectivity index (χ1v) is 13.5. The molecular weight excluding hydrogens is 518 g/mol. The Balaban J connectivity index is 0.00000294. The van der Waals surface area contributed by atoms with E-state index in [9.17, 15) is 13.2 Å². The van der Waals surface area contributed by atoms with Crippen LogP contribution in [0, 0.1) is 27.7 Å². The summed E-state index contributed by atoms with van der Waals surface area (Å²) in [5.74, 6) is 0.649. The zero-order valence-corrected chi connectivity index (χ0v) is 23.3. The van der Waals surface area contributed by atoms with Gasteiger partial charge in [0.15, 0.2) is 5.03 Å². The smallest absolute Gasteiger partial charge is 0.281 e. The third kappa shape index (κ3) is 6.01. The number of aromatic nitrogens is 2. The number of pyridine rings is 2. The van der Waals surface area contributed by atoms with E-state index in [1.807, 2.05) is 32.9 Å². The van der Waals surface area contributed by atoms with Crippen molar-refractivity contribution in [1.29, 1.82) is 0 Å². The molecule has 10 heteroatoms. The van der Waals surface area contributed by atoms with E-state index < -0.39 is 15.9 Å². The SMILES string of the molecule is COc1ccc(-c2ccc(C(=O)NS(=O)(=O)c3cccc(C)n3)c(Oc3c(C)cc(C)cc3C)n2)c(OC)c1.[HH].[HH]. The summed E-state index contributed by atoms with van der Waals surface area (Å²) < 4.78 is 45.0. The van der Waals surface area contributed by atoms with Crippen molar-refractivity contribution in [2.24, 2.45) is 0 Å². The molecule has 0 spiro atoms. The number of nitrogens with one attached hydrogen (secondary N) is 1. The molecule has 0 bridgehead atoms. The monoisotopic (exact) mass is 551 g/mol. The molecule has 2 aromatic heterocycles. The number of nitrogens with zero attached hydrogens (tertiary/aromatic N) is 2. The van der Waals surface area contributed by atoms with Crippen molar-refractivity contribution in [2.75, 3.05) is 14.2 Å². The van der Waals surface area contributed by atoms with E-state index in [2.05, 4.69) is 14.7 Å². The number of carbonyl (C=O) groups excluding carboxylic acids is 1. The van der Waals surface area contributed by atoms with Crippen molar-refractivity contribution in [2.45, 2.75) is 32.7 Å². The van der Waals surface area contributed by atoms with Crippen LogP contribution < -0.4 is 18.9 Å². The second-order valence-electron chi connectivity index (χ2n) is 9.00. The van der Waals surface area contributed by atoms with Crippen molar-refractivity contribution in [3.05, 3.63) is 88.6 Å². The van der Waals surface area contributed by atoms with E-state index in [4.69, 9.17) is 14.2 Å². The fraction of sp³-hybridized carbons (Fsp3) is 0.207. The molecule has 0 radical (unpaired) electrons. The highest BCUT2D eigenvalue weighted by atomic mass is 32.2. The lowest BCUT2D eigenvalue weighted by atomic mass is 10.1. The zero-order valence-electron chi connectivity index (χ0n) is 22.5. The molecule has 4 aromatic rings. The average Bonchev–Trinajstić information content (AvgIpc) is 2.90. The highest BCUT2D eigenvalue weighted by Gasteiger charge is 2.25. The van der Waals surface area contributed by atoms with Gasteiger partial charge in [0.1, 0.15) is 22.8 Å². The summed E-state index contributed by atoms with van der Waals surface area (Å²) in [6, 6.07) is 16.7. The van der Waals surface area contributed by atoms with Crippen LogP contribution in [0.3, 0.4) is 0 Å². The number of aryl methyl sites for hydroxylation is 4. The Morgan fingerprint density at radius 3 is 2.23 bits per heavy atom. The molecule has 2 aromatic carbocycles. The van der Waals surface area contributed by atoms with E-state index >= 15 is 0 Å². The van der Waals surface area contributed by atoms with E-state index in [-0.39, 0.29) is 19.3 Å². The van der Waals surface area contributed by atoms with Crippen LogP contribution in [0.15, 0.2) is 65.7 Å². The highest BCUT2D eigenvalue weighted by molar-refractivity contribution is 7.90. The molecular formula is C29H33N3O6S. The molecule has 2 heterocycles. The topological polar surface area (TPSA) is 117 Å². The Kier molecular flexibility index (Phi) is 7.87. The first-order chi connectivity index (χ1) is 18.5. The number of carbonyl (C=O) groups is 1. The number of ether oxygens (including phenoxy) is 3. The summed E-state index contributed by atoms with van der Waals surface area (Å²) in [6.45, 7) is 7.41. The summed E-state index contributed by atoms with van der Waals surface area (Å²) >= 11 is 0. The lowest BCUT2D eigenvalue weighted by Gasteiger charge is -2.17. The van der Waals surface area contributed by atoms with Gasteiger partial charge in [0.25, 0.3) is 15.9 Å².